The summed E-state index contributed by atoms with van der Waals surface area (Å²) in [6, 6.07) is 4.36. The predicted octanol–water partition coefficient (Wildman–Crippen LogP) is 3.97. The zero-order valence-corrected chi connectivity index (χ0v) is 8.28. The summed E-state index contributed by atoms with van der Waals surface area (Å²) in [4.78, 5) is 0. The van der Waals surface area contributed by atoms with E-state index >= 15 is 0 Å². The molecule has 0 bridgehead atoms. The molecule has 3 heteroatoms. The molecule has 0 nitrogen and oxygen atoms in total. The number of hydrogen-bond donors (Lipinski definition) is 0. The number of hydrogen-bond acceptors (Lipinski definition) is 0. The van der Waals surface area contributed by atoms with Gasteiger partial charge in [0.2, 0.25) is 0 Å². The van der Waals surface area contributed by atoms with Crippen molar-refractivity contribution in [2.45, 2.75) is 32.9 Å². The highest BCUT2D eigenvalue weighted by Crippen LogP contribution is 2.33. The SMILES string of the molecule is CCCc1cccc(C(F)(F)F)c1C. The molecule has 0 N–H and O–H groups in total. The van der Waals surface area contributed by atoms with Crippen LogP contribution in [0.4, 0.5) is 13.2 Å². The van der Waals surface area contributed by atoms with E-state index in [1.165, 1.54) is 13.0 Å². The molecular formula is C11H13F3. The topological polar surface area (TPSA) is 0 Å². The van der Waals surface area contributed by atoms with Crippen molar-refractivity contribution in [2.75, 3.05) is 0 Å². The van der Waals surface area contributed by atoms with Gasteiger partial charge in [0.15, 0.2) is 0 Å². The molecule has 0 saturated heterocycles. The van der Waals surface area contributed by atoms with E-state index in [0.717, 1.165) is 18.1 Å². The first-order chi connectivity index (χ1) is 6.46. The first-order valence-corrected chi connectivity index (χ1v) is 4.62. The molecule has 0 fully saturated rings. The summed E-state index contributed by atoms with van der Waals surface area (Å²) >= 11 is 0. The second-order valence-corrected chi connectivity index (χ2v) is 3.34. The normalized spacial score (nSPS) is 11.8. The number of alkyl halides is 3. The van der Waals surface area contributed by atoms with Crippen molar-refractivity contribution in [3.05, 3.63) is 34.9 Å². The van der Waals surface area contributed by atoms with E-state index in [-0.39, 0.29) is 0 Å². The molecule has 1 aromatic carbocycles. The Morgan fingerprint density at radius 1 is 1.21 bits per heavy atom. The first-order valence-electron chi connectivity index (χ1n) is 4.62. The van der Waals surface area contributed by atoms with Gasteiger partial charge in [0, 0.05) is 0 Å². The summed E-state index contributed by atoms with van der Waals surface area (Å²) < 4.78 is 37.4. The van der Waals surface area contributed by atoms with E-state index in [9.17, 15) is 13.2 Å². The number of rotatable bonds is 2. The molecule has 1 rings (SSSR count). The zero-order chi connectivity index (χ0) is 10.8. The van der Waals surface area contributed by atoms with Crippen molar-refractivity contribution < 1.29 is 13.2 Å². The van der Waals surface area contributed by atoms with E-state index in [1.807, 2.05) is 6.92 Å². The average molecular weight is 202 g/mol. The van der Waals surface area contributed by atoms with E-state index in [2.05, 4.69) is 0 Å². The smallest absolute Gasteiger partial charge is 0.166 e. The Labute approximate surface area is 81.8 Å². The molecule has 0 aliphatic heterocycles. The summed E-state index contributed by atoms with van der Waals surface area (Å²) in [5, 5.41) is 0. The van der Waals surface area contributed by atoms with Gasteiger partial charge in [0.1, 0.15) is 0 Å². The largest absolute Gasteiger partial charge is 0.416 e. The molecule has 0 saturated carbocycles. The third-order valence-electron chi connectivity index (χ3n) is 2.27. The van der Waals surface area contributed by atoms with Crippen molar-refractivity contribution >= 4 is 0 Å². The zero-order valence-electron chi connectivity index (χ0n) is 8.28. The van der Waals surface area contributed by atoms with Gasteiger partial charge < -0.3 is 0 Å². The molecule has 78 valence electrons. The fourth-order valence-electron chi connectivity index (χ4n) is 1.53. The second-order valence-electron chi connectivity index (χ2n) is 3.34. The lowest BCUT2D eigenvalue weighted by atomic mass is 9.99. The molecule has 0 radical (unpaired) electrons. The minimum Gasteiger partial charge on any atom is -0.166 e. The molecule has 14 heavy (non-hydrogen) atoms. The van der Waals surface area contributed by atoms with Crippen molar-refractivity contribution in [2.24, 2.45) is 0 Å². The summed E-state index contributed by atoms with van der Waals surface area (Å²) in [5.74, 6) is 0. The Morgan fingerprint density at radius 3 is 2.36 bits per heavy atom. The Bertz CT molecular complexity index is 313. The molecule has 1 aromatic rings. The molecule has 0 atom stereocenters. The number of aryl methyl sites for hydroxylation is 1. The molecule has 0 amide bonds. The number of halogens is 3. The maximum Gasteiger partial charge on any atom is 0.416 e. The Kier molecular flexibility index (Phi) is 3.19. The molecule has 0 aromatic heterocycles. The van der Waals surface area contributed by atoms with Gasteiger partial charge in [-0.05, 0) is 30.5 Å². The fourth-order valence-corrected chi connectivity index (χ4v) is 1.53. The first kappa shape index (κ1) is 11.1. The van der Waals surface area contributed by atoms with Crippen LogP contribution in [-0.2, 0) is 12.6 Å². The highest BCUT2D eigenvalue weighted by atomic mass is 19.4. The summed E-state index contributed by atoms with van der Waals surface area (Å²) in [6.45, 7) is 3.49. The molecular weight excluding hydrogens is 189 g/mol. The van der Waals surface area contributed by atoms with Gasteiger partial charge in [-0.15, -0.1) is 0 Å². The Morgan fingerprint density at radius 2 is 1.86 bits per heavy atom. The van der Waals surface area contributed by atoms with Crippen LogP contribution in [0, 0.1) is 6.92 Å². The predicted molar refractivity (Wildman–Crippen MR) is 50.2 cm³/mol. The van der Waals surface area contributed by atoms with Gasteiger partial charge in [0.25, 0.3) is 0 Å². The van der Waals surface area contributed by atoms with Gasteiger partial charge >= 0.3 is 6.18 Å². The lowest BCUT2D eigenvalue weighted by molar-refractivity contribution is -0.138. The summed E-state index contributed by atoms with van der Waals surface area (Å²) in [5.41, 5.74) is 0.646. The third-order valence-corrected chi connectivity index (χ3v) is 2.27. The molecule has 0 aliphatic rings. The van der Waals surface area contributed by atoms with Gasteiger partial charge in [0.05, 0.1) is 5.56 Å². The molecule has 0 spiro atoms. The van der Waals surface area contributed by atoms with E-state index in [4.69, 9.17) is 0 Å². The van der Waals surface area contributed by atoms with Crippen molar-refractivity contribution in [3.8, 4) is 0 Å². The highest BCUT2D eigenvalue weighted by Gasteiger charge is 2.32. The van der Waals surface area contributed by atoms with Crippen LogP contribution in [0.5, 0.6) is 0 Å². The molecule has 0 unspecified atom stereocenters. The minimum absolute atomic E-state index is 0.363. The minimum atomic E-state index is -4.23. The van der Waals surface area contributed by atoms with Crippen LogP contribution >= 0.6 is 0 Å². The van der Waals surface area contributed by atoms with E-state index in [0.29, 0.717) is 12.0 Å². The van der Waals surface area contributed by atoms with Gasteiger partial charge in [-0.2, -0.15) is 13.2 Å². The molecule has 0 aliphatic carbocycles. The van der Waals surface area contributed by atoms with Gasteiger partial charge in [-0.3, -0.25) is 0 Å². The highest BCUT2D eigenvalue weighted by molar-refractivity contribution is 5.35. The lowest BCUT2D eigenvalue weighted by Crippen LogP contribution is -2.08. The second kappa shape index (κ2) is 4.03. The van der Waals surface area contributed by atoms with Crippen molar-refractivity contribution in [3.63, 3.8) is 0 Å². The summed E-state index contributed by atoms with van der Waals surface area (Å²) in [6.07, 6.45) is -2.66. The van der Waals surface area contributed by atoms with E-state index in [1.54, 1.807) is 6.07 Å². The van der Waals surface area contributed by atoms with Crippen LogP contribution in [0.1, 0.15) is 30.0 Å². The van der Waals surface area contributed by atoms with Gasteiger partial charge in [-0.25, -0.2) is 0 Å². The van der Waals surface area contributed by atoms with Crippen molar-refractivity contribution in [1.82, 2.24) is 0 Å². The number of benzene rings is 1. The standard InChI is InChI=1S/C11H13F3/c1-3-5-9-6-4-7-10(8(9)2)11(12,13)14/h4,6-7H,3,5H2,1-2H3. The lowest BCUT2D eigenvalue weighted by Gasteiger charge is -2.13. The van der Waals surface area contributed by atoms with Crippen LogP contribution in [0.25, 0.3) is 0 Å². The molecule has 0 heterocycles. The third kappa shape index (κ3) is 2.28. The van der Waals surface area contributed by atoms with E-state index < -0.39 is 11.7 Å². The van der Waals surface area contributed by atoms with Gasteiger partial charge in [-0.1, -0.05) is 25.5 Å². The quantitative estimate of drug-likeness (QED) is 0.680. The van der Waals surface area contributed by atoms with Crippen LogP contribution in [0.15, 0.2) is 18.2 Å². The van der Waals surface area contributed by atoms with Crippen LogP contribution < -0.4 is 0 Å². The maximum absolute atomic E-state index is 12.5. The van der Waals surface area contributed by atoms with Crippen molar-refractivity contribution in [1.29, 1.82) is 0 Å². The monoisotopic (exact) mass is 202 g/mol. The summed E-state index contributed by atoms with van der Waals surface area (Å²) in [7, 11) is 0. The fraction of sp³-hybridized carbons (Fsp3) is 0.455. The maximum atomic E-state index is 12.5. The Balaban J connectivity index is 3.14. The average Bonchev–Trinajstić information content (AvgIpc) is 2.07. The van der Waals surface area contributed by atoms with Crippen LogP contribution in [-0.4, -0.2) is 0 Å². The van der Waals surface area contributed by atoms with Crippen LogP contribution in [0.3, 0.4) is 0 Å². The Hall–Kier alpha value is -0.990. The van der Waals surface area contributed by atoms with Crippen LogP contribution in [0.2, 0.25) is 0 Å².